The van der Waals surface area contributed by atoms with Crippen LogP contribution in [0.3, 0.4) is 0 Å². The van der Waals surface area contributed by atoms with Gasteiger partial charge in [-0.25, -0.2) is 4.98 Å². The molecule has 0 atom stereocenters. The summed E-state index contributed by atoms with van der Waals surface area (Å²) in [6.07, 6.45) is 1.14. The van der Waals surface area contributed by atoms with Gasteiger partial charge in [0.05, 0.1) is 16.8 Å². The Morgan fingerprint density at radius 1 is 1.26 bits per heavy atom. The molecule has 0 radical (unpaired) electrons. The molecule has 3 nitrogen and oxygen atoms in total. The molecule has 19 heavy (non-hydrogen) atoms. The van der Waals surface area contributed by atoms with Crippen LogP contribution in [-0.4, -0.2) is 24.7 Å². The smallest absolute Gasteiger partial charge is 0.108 e. The monoisotopic (exact) mass is 278 g/mol. The molecule has 0 spiro atoms. The van der Waals surface area contributed by atoms with Crippen LogP contribution in [0.1, 0.15) is 25.3 Å². The first-order chi connectivity index (χ1) is 9.25. The van der Waals surface area contributed by atoms with E-state index in [4.69, 9.17) is 4.74 Å². The number of para-hydroxylation sites is 1. The predicted octanol–water partition coefficient (Wildman–Crippen LogP) is 3.45. The minimum atomic E-state index is 0.718. The molecule has 0 amide bonds. The molecule has 0 saturated carbocycles. The van der Waals surface area contributed by atoms with Crippen molar-refractivity contribution in [3.05, 3.63) is 29.3 Å². The van der Waals surface area contributed by atoms with Gasteiger partial charge in [-0.3, -0.25) is 0 Å². The van der Waals surface area contributed by atoms with Crippen molar-refractivity contribution in [2.24, 2.45) is 5.92 Å². The Labute approximate surface area is 119 Å². The Hall–Kier alpha value is -0.970. The molecule has 1 N–H and O–H groups in total. The van der Waals surface area contributed by atoms with E-state index in [0.717, 1.165) is 49.2 Å². The normalized spacial score (nSPS) is 11.5. The molecule has 0 fully saturated rings. The number of thiazole rings is 1. The Morgan fingerprint density at radius 3 is 2.89 bits per heavy atom. The van der Waals surface area contributed by atoms with Crippen LogP contribution in [0.5, 0.6) is 0 Å². The van der Waals surface area contributed by atoms with Crippen molar-refractivity contribution in [1.82, 2.24) is 10.3 Å². The van der Waals surface area contributed by atoms with E-state index in [2.05, 4.69) is 42.3 Å². The molecular weight excluding hydrogens is 256 g/mol. The highest BCUT2D eigenvalue weighted by Gasteiger charge is 2.02. The lowest BCUT2D eigenvalue weighted by atomic mass is 10.1. The lowest BCUT2D eigenvalue weighted by molar-refractivity contribution is 0.125. The van der Waals surface area contributed by atoms with Gasteiger partial charge in [0.1, 0.15) is 5.01 Å². The second-order valence-electron chi connectivity index (χ2n) is 5.05. The lowest BCUT2D eigenvalue weighted by Crippen LogP contribution is -2.19. The van der Waals surface area contributed by atoms with Gasteiger partial charge in [-0.05, 0) is 24.5 Å². The quantitative estimate of drug-likeness (QED) is 0.751. The molecule has 1 aromatic carbocycles. The number of hydrogen-bond donors (Lipinski definition) is 1. The average molecular weight is 278 g/mol. The predicted molar refractivity (Wildman–Crippen MR) is 81.6 cm³/mol. The SMILES string of the molecule is CC(C)CCOCCNCc1nc2ccccc2s1. The number of ether oxygens (including phenoxy) is 1. The van der Waals surface area contributed by atoms with E-state index in [0.29, 0.717) is 0 Å². The standard InChI is InChI=1S/C15H22N2OS/c1-12(2)7-9-18-10-8-16-11-15-17-13-5-3-4-6-14(13)19-15/h3-6,12,16H,7-11H2,1-2H3. The van der Waals surface area contributed by atoms with Crippen LogP contribution in [0.25, 0.3) is 10.2 Å². The van der Waals surface area contributed by atoms with Crippen LogP contribution < -0.4 is 5.32 Å². The van der Waals surface area contributed by atoms with Gasteiger partial charge >= 0.3 is 0 Å². The summed E-state index contributed by atoms with van der Waals surface area (Å²) in [5, 5.41) is 4.52. The van der Waals surface area contributed by atoms with Crippen LogP contribution in [0.15, 0.2) is 24.3 Å². The molecule has 2 aromatic rings. The molecule has 104 valence electrons. The number of nitrogens with one attached hydrogen (secondary N) is 1. The van der Waals surface area contributed by atoms with Gasteiger partial charge < -0.3 is 10.1 Å². The van der Waals surface area contributed by atoms with Crippen LogP contribution in [0.2, 0.25) is 0 Å². The molecule has 4 heteroatoms. The first-order valence-electron chi connectivity index (χ1n) is 6.88. The lowest BCUT2D eigenvalue weighted by Gasteiger charge is -2.06. The van der Waals surface area contributed by atoms with Gasteiger partial charge in [0.25, 0.3) is 0 Å². The molecule has 0 saturated heterocycles. The topological polar surface area (TPSA) is 34.1 Å². The zero-order valence-electron chi connectivity index (χ0n) is 11.7. The van der Waals surface area contributed by atoms with Crippen LogP contribution >= 0.6 is 11.3 Å². The first-order valence-corrected chi connectivity index (χ1v) is 7.70. The van der Waals surface area contributed by atoms with Gasteiger partial charge in [-0.15, -0.1) is 11.3 Å². The van der Waals surface area contributed by atoms with Crippen molar-refractivity contribution in [1.29, 1.82) is 0 Å². The van der Waals surface area contributed by atoms with Gasteiger partial charge in [0.2, 0.25) is 0 Å². The molecule has 0 aliphatic heterocycles. The van der Waals surface area contributed by atoms with Gasteiger partial charge in [0.15, 0.2) is 0 Å². The van der Waals surface area contributed by atoms with Crippen LogP contribution in [-0.2, 0) is 11.3 Å². The highest BCUT2D eigenvalue weighted by Crippen LogP contribution is 2.21. The van der Waals surface area contributed by atoms with E-state index in [1.54, 1.807) is 11.3 Å². The van der Waals surface area contributed by atoms with E-state index in [-0.39, 0.29) is 0 Å². The number of hydrogen-bond acceptors (Lipinski definition) is 4. The largest absolute Gasteiger partial charge is 0.380 e. The molecule has 2 rings (SSSR count). The molecular formula is C15H22N2OS. The van der Waals surface area contributed by atoms with Crippen molar-refractivity contribution >= 4 is 21.6 Å². The first kappa shape index (κ1) is 14.4. The summed E-state index contributed by atoms with van der Waals surface area (Å²) < 4.78 is 6.82. The van der Waals surface area contributed by atoms with Crippen molar-refractivity contribution in [2.45, 2.75) is 26.8 Å². The van der Waals surface area contributed by atoms with Gasteiger partial charge in [-0.1, -0.05) is 26.0 Å². The number of rotatable bonds is 8. The van der Waals surface area contributed by atoms with Crippen molar-refractivity contribution in [3.8, 4) is 0 Å². The van der Waals surface area contributed by atoms with Crippen molar-refractivity contribution in [2.75, 3.05) is 19.8 Å². The summed E-state index contributed by atoms with van der Waals surface area (Å²) in [4.78, 5) is 4.59. The zero-order valence-corrected chi connectivity index (χ0v) is 12.5. The Morgan fingerprint density at radius 2 is 2.11 bits per heavy atom. The maximum atomic E-state index is 5.56. The van der Waals surface area contributed by atoms with E-state index in [9.17, 15) is 0 Å². The fourth-order valence-corrected chi connectivity index (χ4v) is 2.69. The van der Waals surface area contributed by atoms with Crippen LogP contribution in [0.4, 0.5) is 0 Å². The van der Waals surface area contributed by atoms with E-state index in [1.165, 1.54) is 4.70 Å². The summed E-state index contributed by atoms with van der Waals surface area (Å²) >= 11 is 1.76. The number of nitrogens with zero attached hydrogens (tertiary/aromatic N) is 1. The van der Waals surface area contributed by atoms with Crippen LogP contribution in [0, 0.1) is 5.92 Å². The van der Waals surface area contributed by atoms with E-state index >= 15 is 0 Å². The third-order valence-corrected chi connectivity index (χ3v) is 3.91. The number of aromatic nitrogens is 1. The molecule has 1 aromatic heterocycles. The molecule has 1 heterocycles. The Balaban J connectivity index is 1.63. The van der Waals surface area contributed by atoms with Crippen molar-refractivity contribution < 1.29 is 4.74 Å². The second-order valence-corrected chi connectivity index (χ2v) is 6.16. The third-order valence-electron chi connectivity index (χ3n) is 2.88. The van der Waals surface area contributed by atoms with Gasteiger partial charge in [-0.2, -0.15) is 0 Å². The van der Waals surface area contributed by atoms with E-state index in [1.807, 2.05) is 6.07 Å². The van der Waals surface area contributed by atoms with Crippen molar-refractivity contribution in [3.63, 3.8) is 0 Å². The van der Waals surface area contributed by atoms with Gasteiger partial charge in [0, 0.05) is 19.7 Å². The molecule has 0 aliphatic rings. The fraction of sp³-hybridized carbons (Fsp3) is 0.533. The number of benzene rings is 1. The summed E-state index contributed by atoms with van der Waals surface area (Å²) in [6, 6.07) is 8.26. The highest BCUT2D eigenvalue weighted by molar-refractivity contribution is 7.18. The second kappa shape index (κ2) is 7.58. The number of fused-ring (bicyclic) bond motifs is 1. The van der Waals surface area contributed by atoms with E-state index < -0.39 is 0 Å². The summed E-state index contributed by atoms with van der Waals surface area (Å²) in [7, 11) is 0. The molecule has 0 unspecified atom stereocenters. The fourth-order valence-electron chi connectivity index (χ4n) is 1.76. The summed E-state index contributed by atoms with van der Waals surface area (Å²) in [5.74, 6) is 0.718. The maximum absolute atomic E-state index is 5.56. The Bertz CT molecular complexity index is 463. The third kappa shape index (κ3) is 4.90. The average Bonchev–Trinajstić information content (AvgIpc) is 2.79. The summed E-state index contributed by atoms with van der Waals surface area (Å²) in [6.45, 7) is 7.78. The molecule has 0 aliphatic carbocycles. The minimum Gasteiger partial charge on any atom is -0.380 e. The Kier molecular flexibility index (Phi) is 5.76. The summed E-state index contributed by atoms with van der Waals surface area (Å²) in [5.41, 5.74) is 1.09. The zero-order chi connectivity index (χ0) is 13.5. The highest BCUT2D eigenvalue weighted by atomic mass is 32.1. The maximum Gasteiger partial charge on any atom is 0.108 e. The minimum absolute atomic E-state index is 0.718. The molecule has 0 bridgehead atoms.